The van der Waals surface area contributed by atoms with Crippen molar-refractivity contribution >= 4 is 6.03 Å². The Morgan fingerprint density at radius 3 is 2.42 bits per heavy atom. The maximum Gasteiger partial charge on any atom is 0.315 e. The van der Waals surface area contributed by atoms with E-state index >= 15 is 0 Å². The van der Waals surface area contributed by atoms with Crippen LogP contribution in [0.3, 0.4) is 0 Å². The summed E-state index contributed by atoms with van der Waals surface area (Å²) >= 11 is 0. The van der Waals surface area contributed by atoms with Gasteiger partial charge in [-0.05, 0) is 29.0 Å². The lowest BCUT2D eigenvalue weighted by Crippen LogP contribution is -2.50. The van der Waals surface area contributed by atoms with Crippen LogP contribution in [0.4, 0.5) is 4.79 Å². The smallest absolute Gasteiger partial charge is 0.315 e. The van der Waals surface area contributed by atoms with E-state index in [1.165, 1.54) is 11.1 Å². The molecule has 0 saturated carbocycles. The van der Waals surface area contributed by atoms with Crippen LogP contribution in [0.2, 0.25) is 0 Å². The Kier molecular flexibility index (Phi) is 6.29. The summed E-state index contributed by atoms with van der Waals surface area (Å²) in [5.41, 5.74) is 3.98. The van der Waals surface area contributed by atoms with Gasteiger partial charge in [0.1, 0.15) is 0 Å². The summed E-state index contributed by atoms with van der Waals surface area (Å²) in [6.07, 6.45) is 1.08. The molecule has 0 radical (unpaired) electrons. The molecule has 0 saturated heterocycles. The first kappa shape index (κ1) is 18.5. The third-order valence-electron chi connectivity index (χ3n) is 5.17. The summed E-state index contributed by atoms with van der Waals surface area (Å²) in [7, 11) is 0. The molecule has 0 aliphatic carbocycles. The van der Waals surface area contributed by atoms with E-state index < -0.39 is 0 Å². The molecule has 0 spiro atoms. The molecule has 1 aliphatic rings. The maximum absolute atomic E-state index is 12.2. The van der Waals surface area contributed by atoms with Crippen molar-refractivity contribution in [2.75, 3.05) is 13.1 Å². The average molecular weight is 351 g/mol. The molecular weight excluding hydrogens is 322 g/mol. The number of carbonyl (C=O) groups is 1. The Morgan fingerprint density at radius 2 is 1.69 bits per heavy atom. The van der Waals surface area contributed by atoms with Gasteiger partial charge in [-0.1, -0.05) is 68.4 Å². The summed E-state index contributed by atoms with van der Waals surface area (Å²) in [6.45, 7) is 7.69. The van der Waals surface area contributed by atoms with Crippen molar-refractivity contribution in [1.82, 2.24) is 15.5 Å². The Hall–Kier alpha value is -2.33. The highest BCUT2D eigenvalue weighted by molar-refractivity contribution is 5.73. The third-order valence-corrected chi connectivity index (χ3v) is 5.17. The first-order valence-corrected chi connectivity index (χ1v) is 9.50. The van der Waals surface area contributed by atoms with Crippen LogP contribution >= 0.6 is 0 Å². The van der Waals surface area contributed by atoms with Crippen molar-refractivity contribution in [3.8, 4) is 0 Å². The van der Waals surface area contributed by atoms with Gasteiger partial charge in [0.25, 0.3) is 0 Å². The number of amides is 2. The van der Waals surface area contributed by atoms with E-state index in [9.17, 15) is 4.79 Å². The Labute approximate surface area is 156 Å². The highest BCUT2D eigenvalue weighted by Gasteiger charge is 2.25. The Morgan fingerprint density at radius 1 is 1.00 bits per heavy atom. The summed E-state index contributed by atoms with van der Waals surface area (Å²) < 4.78 is 0. The van der Waals surface area contributed by atoms with Crippen LogP contribution < -0.4 is 10.6 Å². The molecule has 0 fully saturated rings. The SMILES string of the molecule is CC(C)C(CNC(=O)NCc1ccccc1)N1CCc2ccccc2C1. The number of nitrogens with one attached hydrogen (secondary N) is 2. The van der Waals surface area contributed by atoms with Gasteiger partial charge >= 0.3 is 6.03 Å². The lowest BCUT2D eigenvalue weighted by molar-refractivity contribution is 0.137. The molecule has 0 bridgehead atoms. The van der Waals surface area contributed by atoms with E-state index in [0.29, 0.717) is 25.0 Å². The first-order valence-electron chi connectivity index (χ1n) is 9.50. The van der Waals surface area contributed by atoms with Gasteiger partial charge in [-0.3, -0.25) is 4.90 Å². The van der Waals surface area contributed by atoms with Gasteiger partial charge in [0.05, 0.1) is 0 Å². The molecule has 3 rings (SSSR count). The number of hydrogen-bond acceptors (Lipinski definition) is 2. The predicted octanol–water partition coefficient (Wildman–Crippen LogP) is 3.57. The number of hydrogen-bond donors (Lipinski definition) is 2. The quantitative estimate of drug-likeness (QED) is 0.836. The molecule has 4 nitrogen and oxygen atoms in total. The highest BCUT2D eigenvalue weighted by atomic mass is 16.2. The van der Waals surface area contributed by atoms with Crippen LogP contribution in [0.5, 0.6) is 0 Å². The van der Waals surface area contributed by atoms with E-state index in [1.807, 2.05) is 30.3 Å². The number of rotatable bonds is 6. The molecule has 0 aromatic heterocycles. The summed E-state index contributed by atoms with van der Waals surface area (Å²) in [4.78, 5) is 14.7. The second-order valence-corrected chi connectivity index (χ2v) is 7.35. The molecule has 1 unspecified atom stereocenters. The van der Waals surface area contributed by atoms with Crippen LogP contribution in [0.1, 0.15) is 30.5 Å². The zero-order valence-electron chi connectivity index (χ0n) is 15.7. The number of fused-ring (bicyclic) bond motifs is 1. The lowest BCUT2D eigenvalue weighted by Gasteiger charge is -2.38. The van der Waals surface area contributed by atoms with Gasteiger partial charge in [0.15, 0.2) is 0 Å². The molecule has 2 aromatic carbocycles. The number of urea groups is 1. The Bertz CT molecular complexity index is 714. The van der Waals surface area contributed by atoms with Gasteiger partial charge in [-0.15, -0.1) is 0 Å². The van der Waals surface area contributed by atoms with Crippen LogP contribution in [0.15, 0.2) is 54.6 Å². The van der Waals surface area contributed by atoms with Crippen molar-refractivity contribution in [3.05, 3.63) is 71.3 Å². The minimum Gasteiger partial charge on any atom is -0.337 e. The zero-order chi connectivity index (χ0) is 18.4. The van der Waals surface area contributed by atoms with Gasteiger partial charge in [0.2, 0.25) is 0 Å². The average Bonchev–Trinajstić information content (AvgIpc) is 2.67. The molecule has 1 aliphatic heterocycles. The van der Waals surface area contributed by atoms with Crippen molar-refractivity contribution in [1.29, 1.82) is 0 Å². The fraction of sp³-hybridized carbons (Fsp3) is 0.409. The minimum atomic E-state index is -0.100. The van der Waals surface area contributed by atoms with E-state index in [4.69, 9.17) is 0 Å². The van der Waals surface area contributed by atoms with Gasteiger partial charge in [-0.25, -0.2) is 4.79 Å². The van der Waals surface area contributed by atoms with Crippen molar-refractivity contribution in [2.45, 2.75) is 39.4 Å². The van der Waals surface area contributed by atoms with Crippen LogP contribution in [-0.4, -0.2) is 30.1 Å². The fourth-order valence-corrected chi connectivity index (χ4v) is 3.63. The molecule has 2 aromatic rings. The maximum atomic E-state index is 12.2. The summed E-state index contributed by atoms with van der Waals surface area (Å²) in [5.74, 6) is 0.481. The molecule has 26 heavy (non-hydrogen) atoms. The molecule has 2 amide bonds. The second kappa shape index (κ2) is 8.86. The van der Waals surface area contributed by atoms with Crippen molar-refractivity contribution in [2.24, 2.45) is 5.92 Å². The van der Waals surface area contributed by atoms with Crippen molar-refractivity contribution < 1.29 is 4.79 Å². The van der Waals surface area contributed by atoms with E-state index in [2.05, 4.69) is 53.6 Å². The first-order chi connectivity index (χ1) is 12.6. The largest absolute Gasteiger partial charge is 0.337 e. The lowest BCUT2D eigenvalue weighted by atomic mass is 9.95. The monoisotopic (exact) mass is 351 g/mol. The number of carbonyl (C=O) groups excluding carboxylic acids is 1. The minimum absolute atomic E-state index is 0.100. The molecular formula is C22H29N3O. The molecule has 1 atom stereocenters. The predicted molar refractivity (Wildman–Crippen MR) is 106 cm³/mol. The number of benzene rings is 2. The van der Waals surface area contributed by atoms with Crippen LogP contribution in [-0.2, 0) is 19.5 Å². The third kappa shape index (κ3) is 4.85. The van der Waals surface area contributed by atoms with E-state index in [-0.39, 0.29) is 6.03 Å². The van der Waals surface area contributed by atoms with Crippen molar-refractivity contribution in [3.63, 3.8) is 0 Å². The summed E-state index contributed by atoms with van der Waals surface area (Å²) in [5, 5.41) is 6.01. The second-order valence-electron chi connectivity index (χ2n) is 7.35. The highest BCUT2D eigenvalue weighted by Crippen LogP contribution is 2.22. The van der Waals surface area contributed by atoms with Gasteiger partial charge in [0, 0.05) is 32.2 Å². The van der Waals surface area contributed by atoms with Crippen LogP contribution in [0.25, 0.3) is 0 Å². The Balaban J connectivity index is 1.52. The van der Waals surface area contributed by atoms with Gasteiger partial charge in [-0.2, -0.15) is 0 Å². The topological polar surface area (TPSA) is 44.4 Å². The molecule has 1 heterocycles. The standard InChI is InChI=1S/C22H29N3O/c1-17(2)21(25-13-12-19-10-6-7-11-20(19)16-25)15-24-22(26)23-14-18-8-4-3-5-9-18/h3-11,17,21H,12-16H2,1-2H3,(H2,23,24,26). The van der Waals surface area contributed by atoms with E-state index in [0.717, 1.165) is 25.1 Å². The van der Waals surface area contributed by atoms with Gasteiger partial charge < -0.3 is 10.6 Å². The normalized spacial score (nSPS) is 15.3. The fourth-order valence-electron chi connectivity index (χ4n) is 3.63. The summed E-state index contributed by atoms with van der Waals surface area (Å²) in [6, 6.07) is 18.9. The zero-order valence-corrected chi connectivity index (χ0v) is 15.7. The molecule has 138 valence electrons. The number of nitrogens with zero attached hydrogens (tertiary/aromatic N) is 1. The van der Waals surface area contributed by atoms with E-state index in [1.54, 1.807) is 0 Å². The van der Waals surface area contributed by atoms with Crippen LogP contribution in [0, 0.1) is 5.92 Å². The molecule has 2 N–H and O–H groups in total. The molecule has 4 heteroatoms.